The highest BCUT2D eigenvalue weighted by Crippen LogP contribution is 2.66. The number of nitrogens with one attached hydrogen (secondary N) is 1. The van der Waals surface area contributed by atoms with Crippen molar-refractivity contribution in [2.24, 2.45) is 11.8 Å². The highest BCUT2D eigenvalue weighted by molar-refractivity contribution is 6.25. The molecule has 0 radical (unpaired) electrons. The van der Waals surface area contributed by atoms with Crippen molar-refractivity contribution in [3.05, 3.63) is 179 Å². The van der Waals surface area contributed by atoms with E-state index in [4.69, 9.17) is 18.9 Å². The number of esters is 2. The van der Waals surface area contributed by atoms with Crippen molar-refractivity contribution in [2.75, 3.05) is 45.0 Å². The number of benzene rings is 6. The second kappa shape index (κ2) is 20.7. The molecule has 3 saturated heterocycles. The number of anilines is 1. The van der Waals surface area contributed by atoms with E-state index in [1.807, 2.05) is 108 Å². The number of nitrogens with zero attached hydrogens (tertiary/aromatic N) is 7. The van der Waals surface area contributed by atoms with Gasteiger partial charge in [-0.05, 0) is 88.3 Å². The maximum Gasteiger partial charge on any atom is 0.329 e. The van der Waals surface area contributed by atoms with E-state index in [-0.39, 0.29) is 43.4 Å². The SMILES string of the molecule is COC(=O)C(NC(=O)N1C(=O)C2(c3cc(C#CCn4nnc5ccccc54)ccc31)C(C(=O)N1CCN(Cc3ccc4c(c3)OCO4)CC1)C1C(=O)OC(c3ccccc3)C(c3ccccc3)N1C2c1ccc(O)cc1)C(C)C. The van der Waals surface area contributed by atoms with Crippen molar-refractivity contribution >= 4 is 46.5 Å². The Morgan fingerprint density at radius 2 is 1.51 bits per heavy atom. The molecule has 0 saturated carbocycles. The van der Waals surface area contributed by atoms with Crippen LogP contribution in [0.2, 0.25) is 0 Å². The quantitative estimate of drug-likeness (QED) is 0.107. The van der Waals surface area contributed by atoms with Gasteiger partial charge < -0.3 is 34.3 Å². The minimum absolute atomic E-state index is 0.0576. The third-order valence-corrected chi connectivity index (χ3v) is 15.9. The number of hydrogen-bond acceptors (Lipinski definition) is 14. The number of fused-ring (bicyclic) bond motifs is 5. The molecule has 4 amide bonds. The van der Waals surface area contributed by atoms with Crippen molar-refractivity contribution in [3.8, 4) is 29.1 Å². The number of carbonyl (C=O) groups is 5. The van der Waals surface area contributed by atoms with Crippen LogP contribution in [-0.4, -0.2) is 117 Å². The van der Waals surface area contributed by atoms with Gasteiger partial charge in [0, 0.05) is 38.3 Å². The number of methoxy groups -OCH3 is 1. The summed E-state index contributed by atoms with van der Waals surface area (Å²) in [4.78, 5) is 84.7. The highest BCUT2D eigenvalue weighted by Gasteiger charge is 2.76. The number of morpholine rings is 1. The molecule has 5 aliphatic heterocycles. The number of ether oxygens (including phenoxy) is 4. The van der Waals surface area contributed by atoms with Crippen LogP contribution in [-0.2, 0) is 47.2 Å². The molecular formula is C61H56N8O10. The maximum absolute atomic E-state index is 16.9. The third-order valence-electron chi connectivity index (χ3n) is 15.9. The first kappa shape index (κ1) is 50.7. The van der Waals surface area contributed by atoms with Crippen LogP contribution in [0.5, 0.6) is 17.2 Å². The Labute approximate surface area is 455 Å². The second-order valence-electron chi connectivity index (χ2n) is 20.7. The van der Waals surface area contributed by atoms with Crippen LogP contribution < -0.4 is 19.7 Å². The average Bonchev–Trinajstić information content (AvgIpc) is 3.92. The van der Waals surface area contributed by atoms with Gasteiger partial charge in [-0.15, -0.1) is 5.10 Å². The number of cyclic esters (lactones) is 1. The van der Waals surface area contributed by atoms with Gasteiger partial charge in [-0.1, -0.05) is 122 Å². The van der Waals surface area contributed by atoms with Crippen LogP contribution in [0, 0.1) is 23.7 Å². The van der Waals surface area contributed by atoms with E-state index >= 15 is 19.2 Å². The normalized spacial score (nSPS) is 22.8. The summed E-state index contributed by atoms with van der Waals surface area (Å²) in [5.41, 5.74) is 3.09. The first-order chi connectivity index (χ1) is 38.4. The van der Waals surface area contributed by atoms with Crippen molar-refractivity contribution in [1.82, 2.24) is 35.0 Å². The van der Waals surface area contributed by atoms with Gasteiger partial charge in [0.05, 0.1) is 36.3 Å². The molecule has 18 nitrogen and oxygen atoms in total. The van der Waals surface area contributed by atoms with Crippen LogP contribution in [0.4, 0.5) is 10.5 Å². The van der Waals surface area contributed by atoms with E-state index in [0.717, 1.165) is 21.5 Å². The Morgan fingerprint density at radius 3 is 2.24 bits per heavy atom. The molecule has 6 heterocycles. The molecule has 400 valence electrons. The number of hydrogen-bond donors (Lipinski definition) is 2. The Bertz CT molecular complexity index is 3580. The molecule has 6 aromatic carbocycles. The Kier molecular flexibility index (Phi) is 13.3. The lowest BCUT2D eigenvalue weighted by atomic mass is 9.64. The fourth-order valence-electron chi connectivity index (χ4n) is 12.3. The number of phenols is 1. The summed E-state index contributed by atoms with van der Waals surface area (Å²) in [5, 5.41) is 22.3. The lowest BCUT2D eigenvalue weighted by Gasteiger charge is -2.46. The number of carbonyl (C=O) groups excluding carboxylic acids is 5. The minimum atomic E-state index is -2.11. The predicted molar refractivity (Wildman–Crippen MR) is 288 cm³/mol. The molecule has 12 rings (SSSR count). The minimum Gasteiger partial charge on any atom is -0.508 e. The molecular weight excluding hydrogens is 1000 g/mol. The van der Waals surface area contributed by atoms with Gasteiger partial charge in [0.25, 0.3) is 0 Å². The predicted octanol–water partition coefficient (Wildman–Crippen LogP) is 6.83. The fourth-order valence-corrected chi connectivity index (χ4v) is 12.3. The van der Waals surface area contributed by atoms with E-state index in [1.54, 1.807) is 53.8 Å². The topological polar surface area (TPSA) is 198 Å². The van der Waals surface area contributed by atoms with Gasteiger partial charge in [0.15, 0.2) is 11.5 Å². The van der Waals surface area contributed by atoms with Gasteiger partial charge in [-0.25, -0.2) is 19.2 Å². The van der Waals surface area contributed by atoms with Crippen LogP contribution >= 0.6 is 0 Å². The number of phenolic OH excluding ortho intramolecular Hbond substituents is 1. The zero-order valence-electron chi connectivity index (χ0n) is 43.6. The Morgan fingerprint density at radius 1 is 0.797 bits per heavy atom. The van der Waals surface area contributed by atoms with Crippen LogP contribution in [0.1, 0.15) is 65.4 Å². The van der Waals surface area contributed by atoms with E-state index < -0.39 is 77.3 Å². The second-order valence-corrected chi connectivity index (χ2v) is 20.7. The molecule has 79 heavy (non-hydrogen) atoms. The first-order valence-electron chi connectivity index (χ1n) is 26.4. The van der Waals surface area contributed by atoms with Crippen molar-refractivity contribution < 1.29 is 48.0 Å². The third kappa shape index (κ3) is 8.84. The number of amides is 4. The average molecular weight is 1060 g/mol. The van der Waals surface area contributed by atoms with Gasteiger partial charge in [-0.3, -0.25) is 24.2 Å². The summed E-state index contributed by atoms with van der Waals surface area (Å²) < 4.78 is 24.7. The summed E-state index contributed by atoms with van der Waals surface area (Å²) in [7, 11) is 1.22. The number of aromatic nitrogens is 3. The van der Waals surface area contributed by atoms with Crippen molar-refractivity contribution in [2.45, 2.75) is 62.6 Å². The van der Waals surface area contributed by atoms with Crippen LogP contribution in [0.25, 0.3) is 11.0 Å². The van der Waals surface area contributed by atoms with Gasteiger partial charge >= 0.3 is 18.0 Å². The van der Waals surface area contributed by atoms with Gasteiger partial charge in [0.1, 0.15) is 41.4 Å². The number of para-hydroxylation sites is 1. The summed E-state index contributed by atoms with van der Waals surface area (Å²) in [6.07, 6.45) is -0.954. The number of rotatable bonds is 10. The number of urea groups is 1. The molecule has 0 aliphatic carbocycles. The number of aromatic hydroxyl groups is 1. The monoisotopic (exact) mass is 1060 g/mol. The maximum atomic E-state index is 16.9. The molecule has 7 unspecified atom stereocenters. The molecule has 5 aliphatic rings. The Hall–Kier alpha value is -9.05. The lowest BCUT2D eigenvalue weighted by Crippen LogP contribution is -2.59. The van der Waals surface area contributed by atoms with Crippen LogP contribution in [0.3, 0.4) is 0 Å². The van der Waals surface area contributed by atoms with E-state index in [2.05, 4.69) is 32.4 Å². The summed E-state index contributed by atoms with van der Waals surface area (Å²) in [6, 6.07) is 38.1. The molecule has 18 heteroatoms. The molecule has 7 aromatic rings. The number of piperazine rings is 1. The smallest absolute Gasteiger partial charge is 0.329 e. The Balaban J connectivity index is 1.05. The summed E-state index contributed by atoms with van der Waals surface area (Å²) in [6.45, 7) is 5.73. The fraction of sp³-hybridized carbons (Fsp3) is 0.295. The highest BCUT2D eigenvalue weighted by atomic mass is 16.7. The molecule has 0 bridgehead atoms. The van der Waals surface area contributed by atoms with Crippen molar-refractivity contribution in [3.63, 3.8) is 0 Å². The molecule has 7 atom stereocenters. The molecule has 1 aromatic heterocycles. The summed E-state index contributed by atoms with van der Waals surface area (Å²) >= 11 is 0. The van der Waals surface area contributed by atoms with E-state index in [9.17, 15) is 9.90 Å². The lowest BCUT2D eigenvalue weighted by molar-refractivity contribution is -0.179. The number of imide groups is 1. The zero-order chi connectivity index (χ0) is 54.5. The van der Waals surface area contributed by atoms with Crippen LogP contribution in [0.15, 0.2) is 146 Å². The van der Waals surface area contributed by atoms with Gasteiger partial charge in [-0.2, -0.15) is 0 Å². The summed E-state index contributed by atoms with van der Waals surface area (Å²) in [5.74, 6) is 3.01. The van der Waals surface area contributed by atoms with E-state index in [0.29, 0.717) is 53.3 Å². The largest absolute Gasteiger partial charge is 0.508 e. The standard InChI is InChI=1S/C61H56N8O10/c1-37(2)51(57(72)76-3)62-60(75)68-46-26-20-38(13-12-28-67-47-19-11-10-18-45(47)63-64-67)33-44(46)61(59(68)74)50(56(71)66-31-29-65(30-32-66)35-39-21-27-48-49(34-39)78-36-77-48)53-58(73)79-54(41-16-8-5-9-17-41)52(40-14-6-4-7-15-40)69(53)55(61)42-22-24-43(70)25-23-42/h4-11,14-27,33-34,37,50-55,70H,28-32,35-36H2,1-3H3,(H,62,75). The molecule has 3 fully saturated rings. The zero-order valence-corrected chi connectivity index (χ0v) is 43.6. The van der Waals surface area contributed by atoms with Crippen molar-refractivity contribution in [1.29, 1.82) is 0 Å². The first-order valence-corrected chi connectivity index (χ1v) is 26.4. The van der Waals surface area contributed by atoms with Gasteiger partial charge in [0.2, 0.25) is 18.6 Å². The molecule has 2 N–H and O–H groups in total. The van der Waals surface area contributed by atoms with E-state index in [1.165, 1.54) is 19.2 Å². The molecule has 1 spiro atoms.